The molecule has 2 atom stereocenters. The first kappa shape index (κ1) is 13.8. The van der Waals surface area contributed by atoms with E-state index >= 15 is 0 Å². The molecule has 1 amide bonds. The largest absolute Gasteiger partial charge is 0.480 e. The summed E-state index contributed by atoms with van der Waals surface area (Å²) in [5, 5.41) is 9.53. The minimum absolute atomic E-state index is 0.0568. The first-order valence-electron chi connectivity index (χ1n) is 6.07. The highest BCUT2D eigenvalue weighted by atomic mass is 35.5. The van der Waals surface area contributed by atoms with Gasteiger partial charge in [0.1, 0.15) is 6.04 Å². The number of pyridine rings is 1. The molecule has 1 saturated heterocycles. The lowest BCUT2D eigenvalue weighted by molar-refractivity contribution is -0.142. The fourth-order valence-electron chi connectivity index (χ4n) is 2.39. The second-order valence-corrected chi connectivity index (χ2v) is 5.26. The molecule has 19 heavy (non-hydrogen) atoms. The minimum atomic E-state index is -0.977. The SMILES string of the molecule is Cc1cc(Cl)c(C(=O)N2CCC(C)C2C(=O)O)cn1. The predicted molar refractivity (Wildman–Crippen MR) is 70.2 cm³/mol. The van der Waals surface area contributed by atoms with E-state index in [2.05, 4.69) is 4.98 Å². The average Bonchev–Trinajstić information content (AvgIpc) is 2.70. The Kier molecular flexibility index (Phi) is 3.75. The van der Waals surface area contributed by atoms with Gasteiger partial charge in [-0.3, -0.25) is 9.78 Å². The lowest BCUT2D eigenvalue weighted by Crippen LogP contribution is -2.42. The van der Waals surface area contributed by atoms with E-state index in [1.165, 1.54) is 11.1 Å². The highest BCUT2D eigenvalue weighted by Crippen LogP contribution is 2.27. The molecule has 1 aliphatic heterocycles. The first-order valence-corrected chi connectivity index (χ1v) is 6.45. The molecular formula is C13H15ClN2O3. The fourth-order valence-corrected chi connectivity index (χ4v) is 2.68. The van der Waals surface area contributed by atoms with E-state index in [9.17, 15) is 14.7 Å². The van der Waals surface area contributed by atoms with Gasteiger partial charge < -0.3 is 10.0 Å². The molecule has 0 saturated carbocycles. The molecule has 0 aromatic carbocycles. The number of aromatic nitrogens is 1. The maximum absolute atomic E-state index is 12.4. The van der Waals surface area contributed by atoms with Crippen LogP contribution in [0.3, 0.4) is 0 Å². The Hall–Kier alpha value is -1.62. The number of carboxylic acids is 1. The van der Waals surface area contributed by atoms with Crippen molar-refractivity contribution in [1.82, 2.24) is 9.88 Å². The molecule has 2 rings (SSSR count). The van der Waals surface area contributed by atoms with E-state index in [0.29, 0.717) is 23.7 Å². The van der Waals surface area contributed by atoms with Crippen molar-refractivity contribution in [3.8, 4) is 0 Å². The molecule has 6 heteroatoms. The Morgan fingerprint density at radius 1 is 1.53 bits per heavy atom. The van der Waals surface area contributed by atoms with Gasteiger partial charge in [0.05, 0.1) is 10.6 Å². The Morgan fingerprint density at radius 3 is 2.79 bits per heavy atom. The van der Waals surface area contributed by atoms with Gasteiger partial charge in [0, 0.05) is 18.4 Å². The lowest BCUT2D eigenvalue weighted by atomic mass is 10.0. The number of carbonyl (C=O) groups excluding carboxylic acids is 1. The van der Waals surface area contributed by atoms with Gasteiger partial charge in [-0.1, -0.05) is 18.5 Å². The van der Waals surface area contributed by atoms with Crippen LogP contribution in [0.1, 0.15) is 29.4 Å². The minimum Gasteiger partial charge on any atom is -0.480 e. The van der Waals surface area contributed by atoms with Gasteiger partial charge in [0.2, 0.25) is 0 Å². The summed E-state index contributed by atoms with van der Waals surface area (Å²) in [4.78, 5) is 29.0. The standard InChI is InChI=1S/C13H15ClN2O3/c1-7-3-4-16(11(7)13(18)19)12(17)9-6-15-8(2)5-10(9)14/h5-7,11H,3-4H2,1-2H3,(H,18,19). The van der Waals surface area contributed by atoms with Crippen LogP contribution in [0.15, 0.2) is 12.3 Å². The second kappa shape index (κ2) is 5.17. The smallest absolute Gasteiger partial charge is 0.326 e. The number of rotatable bonds is 2. The van der Waals surface area contributed by atoms with Gasteiger partial charge in [-0.15, -0.1) is 0 Å². The van der Waals surface area contributed by atoms with Gasteiger partial charge >= 0.3 is 5.97 Å². The van der Waals surface area contributed by atoms with Crippen LogP contribution >= 0.6 is 11.6 Å². The molecule has 2 heterocycles. The highest BCUT2D eigenvalue weighted by molar-refractivity contribution is 6.33. The predicted octanol–water partition coefficient (Wildman–Crippen LogP) is 1.98. The van der Waals surface area contributed by atoms with Crippen molar-refractivity contribution in [3.63, 3.8) is 0 Å². The van der Waals surface area contributed by atoms with Crippen molar-refractivity contribution < 1.29 is 14.7 Å². The number of nitrogens with zero attached hydrogens (tertiary/aromatic N) is 2. The Labute approximate surface area is 116 Å². The molecule has 1 aromatic rings. The average molecular weight is 283 g/mol. The third-order valence-corrected chi connectivity index (χ3v) is 3.75. The van der Waals surface area contributed by atoms with Crippen LogP contribution in [0.5, 0.6) is 0 Å². The molecule has 102 valence electrons. The van der Waals surface area contributed by atoms with E-state index in [4.69, 9.17) is 11.6 Å². The van der Waals surface area contributed by atoms with Crippen molar-refractivity contribution in [2.24, 2.45) is 5.92 Å². The monoisotopic (exact) mass is 282 g/mol. The van der Waals surface area contributed by atoms with Crippen LogP contribution in [-0.2, 0) is 4.79 Å². The van der Waals surface area contributed by atoms with Gasteiger partial charge in [-0.05, 0) is 25.3 Å². The summed E-state index contributed by atoms with van der Waals surface area (Å²) in [5.74, 6) is -1.40. The Balaban J connectivity index is 2.31. The van der Waals surface area contributed by atoms with E-state index in [1.807, 2.05) is 6.92 Å². The molecule has 1 fully saturated rings. The van der Waals surface area contributed by atoms with Gasteiger partial charge in [-0.25, -0.2) is 4.79 Å². The number of carboxylic acid groups (broad SMARTS) is 1. The summed E-state index contributed by atoms with van der Waals surface area (Å²) in [6.07, 6.45) is 2.08. The van der Waals surface area contributed by atoms with Crippen LogP contribution in [-0.4, -0.2) is 39.5 Å². The number of amides is 1. The molecule has 5 nitrogen and oxygen atoms in total. The van der Waals surface area contributed by atoms with Crippen LogP contribution in [0.2, 0.25) is 5.02 Å². The van der Waals surface area contributed by atoms with Gasteiger partial charge in [0.25, 0.3) is 5.91 Å². The number of likely N-dealkylation sites (tertiary alicyclic amines) is 1. The van der Waals surface area contributed by atoms with Crippen LogP contribution in [0.4, 0.5) is 0 Å². The van der Waals surface area contributed by atoms with Crippen LogP contribution in [0, 0.1) is 12.8 Å². The Bertz CT molecular complexity index is 533. The van der Waals surface area contributed by atoms with Crippen LogP contribution in [0.25, 0.3) is 0 Å². The molecule has 0 aliphatic carbocycles. The number of aryl methyl sites for hydroxylation is 1. The lowest BCUT2D eigenvalue weighted by Gasteiger charge is -2.23. The number of carbonyl (C=O) groups is 2. The molecule has 2 unspecified atom stereocenters. The highest BCUT2D eigenvalue weighted by Gasteiger charge is 2.40. The normalized spacial score (nSPS) is 22.6. The van der Waals surface area contributed by atoms with Gasteiger partial charge in [-0.2, -0.15) is 0 Å². The van der Waals surface area contributed by atoms with E-state index in [0.717, 1.165) is 0 Å². The summed E-state index contributed by atoms with van der Waals surface area (Å²) in [7, 11) is 0. The van der Waals surface area contributed by atoms with Crippen molar-refractivity contribution in [2.75, 3.05) is 6.54 Å². The zero-order valence-corrected chi connectivity index (χ0v) is 11.5. The van der Waals surface area contributed by atoms with Crippen molar-refractivity contribution in [3.05, 3.63) is 28.5 Å². The molecule has 0 spiro atoms. The van der Waals surface area contributed by atoms with E-state index < -0.39 is 12.0 Å². The summed E-state index contributed by atoms with van der Waals surface area (Å²) in [6, 6.07) is 0.814. The zero-order chi connectivity index (χ0) is 14.2. The topological polar surface area (TPSA) is 70.5 Å². The van der Waals surface area contributed by atoms with Crippen molar-refractivity contribution in [2.45, 2.75) is 26.3 Å². The number of hydrogen-bond donors (Lipinski definition) is 1. The molecular weight excluding hydrogens is 268 g/mol. The Morgan fingerprint density at radius 2 is 2.21 bits per heavy atom. The van der Waals surface area contributed by atoms with Crippen molar-refractivity contribution in [1.29, 1.82) is 0 Å². The summed E-state index contributed by atoms with van der Waals surface area (Å²) >= 11 is 6.03. The molecule has 0 bridgehead atoms. The number of aliphatic carboxylic acids is 1. The summed E-state index contributed by atoms with van der Waals surface area (Å²) in [5.41, 5.74) is 0.971. The molecule has 0 radical (unpaired) electrons. The molecule has 1 aromatic heterocycles. The third kappa shape index (κ3) is 2.56. The van der Waals surface area contributed by atoms with E-state index in [1.54, 1.807) is 13.0 Å². The fraction of sp³-hybridized carbons (Fsp3) is 0.462. The quantitative estimate of drug-likeness (QED) is 0.900. The summed E-state index contributed by atoms with van der Waals surface area (Å²) in [6.45, 7) is 4.04. The number of hydrogen-bond acceptors (Lipinski definition) is 3. The van der Waals surface area contributed by atoms with Crippen molar-refractivity contribution >= 4 is 23.5 Å². The van der Waals surface area contributed by atoms with Crippen LogP contribution < -0.4 is 0 Å². The summed E-state index contributed by atoms with van der Waals surface area (Å²) < 4.78 is 0. The maximum atomic E-state index is 12.4. The third-order valence-electron chi connectivity index (χ3n) is 3.43. The zero-order valence-electron chi connectivity index (χ0n) is 10.8. The molecule has 1 aliphatic rings. The van der Waals surface area contributed by atoms with Gasteiger partial charge in [0.15, 0.2) is 0 Å². The molecule has 1 N–H and O–H groups in total. The first-order chi connectivity index (χ1) is 8.91. The van der Waals surface area contributed by atoms with E-state index in [-0.39, 0.29) is 17.4 Å². The second-order valence-electron chi connectivity index (χ2n) is 4.85. The maximum Gasteiger partial charge on any atom is 0.326 e. The number of halogens is 1.